The quantitative estimate of drug-likeness (QED) is 0.201. The van der Waals surface area contributed by atoms with E-state index in [2.05, 4.69) is 26.6 Å². The van der Waals surface area contributed by atoms with Gasteiger partial charge in [0.05, 0.1) is 17.6 Å². The first-order valence-electron chi connectivity index (χ1n) is 13.1. The van der Waals surface area contributed by atoms with E-state index in [-0.39, 0.29) is 48.6 Å². The molecule has 0 radical (unpaired) electrons. The zero-order chi connectivity index (χ0) is 26.1. The highest BCUT2D eigenvalue weighted by molar-refractivity contribution is 7.99. The van der Waals surface area contributed by atoms with Crippen LogP contribution in [0.5, 0.6) is 0 Å². The van der Waals surface area contributed by atoms with Crippen LogP contribution in [0.3, 0.4) is 0 Å². The van der Waals surface area contributed by atoms with E-state index < -0.39 is 0 Å². The average molecular weight is 637 g/mol. The normalized spacial score (nSPS) is 13.9. The number of aryl methyl sites for hydroxylation is 1. The van der Waals surface area contributed by atoms with E-state index in [1.807, 2.05) is 61.2 Å². The number of hydrogen-bond acceptors (Lipinski definition) is 5. The molecule has 6 rings (SSSR count). The minimum Gasteiger partial charge on any atom is -0.314 e. The molecule has 0 amide bonds. The lowest BCUT2D eigenvalue weighted by Crippen LogP contribution is -2.37. The van der Waals surface area contributed by atoms with Crippen molar-refractivity contribution in [2.24, 2.45) is 0 Å². The minimum absolute atomic E-state index is 0. The summed E-state index contributed by atoms with van der Waals surface area (Å²) < 4.78 is 17.3. The second-order valence-corrected chi connectivity index (χ2v) is 11.2. The molecule has 0 spiro atoms. The fraction of sp³-hybridized carbons (Fsp3) is 0.300. The first-order valence-corrected chi connectivity index (χ1v) is 14.0. The first-order chi connectivity index (χ1) is 18.5. The van der Waals surface area contributed by atoms with Crippen LogP contribution in [0.15, 0.2) is 82.9 Å². The van der Waals surface area contributed by atoms with Gasteiger partial charge in [-0.2, -0.15) is 0 Å². The fourth-order valence-electron chi connectivity index (χ4n) is 5.26. The summed E-state index contributed by atoms with van der Waals surface area (Å²) in [6.45, 7) is 5.45. The predicted molar refractivity (Wildman–Crippen MR) is 172 cm³/mol. The Hall–Kier alpha value is -2.62. The number of halogens is 4. The second-order valence-electron chi connectivity index (χ2n) is 9.91. The monoisotopic (exact) mass is 635 g/mol. The highest BCUT2D eigenvalue weighted by Gasteiger charge is 2.23. The molecule has 1 saturated heterocycles. The van der Waals surface area contributed by atoms with Crippen LogP contribution in [0.4, 0.5) is 4.39 Å². The third-order valence-corrected chi connectivity index (χ3v) is 8.72. The maximum absolute atomic E-state index is 13.4. The minimum atomic E-state index is -0.220. The predicted octanol–water partition coefficient (Wildman–Crippen LogP) is 6.60. The molecule has 0 unspecified atom stereocenters. The van der Waals surface area contributed by atoms with Crippen molar-refractivity contribution in [3.05, 3.63) is 106 Å². The van der Waals surface area contributed by atoms with Gasteiger partial charge in [0.15, 0.2) is 5.16 Å². The molecule has 1 fully saturated rings. The highest BCUT2D eigenvalue weighted by Crippen LogP contribution is 2.33. The zero-order valence-corrected chi connectivity index (χ0v) is 25.9. The van der Waals surface area contributed by atoms with Gasteiger partial charge in [-0.05, 0) is 81.2 Å². The van der Waals surface area contributed by atoms with E-state index in [9.17, 15) is 9.18 Å². The summed E-state index contributed by atoms with van der Waals surface area (Å²) in [6, 6.07) is 20.6. The van der Waals surface area contributed by atoms with Crippen molar-refractivity contribution in [2.45, 2.75) is 43.1 Å². The van der Waals surface area contributed by atoms with Crippen molar-refractivity contribution in [3.8, 4) is 0 Å². The smallest absolute Gasteiger partial charge is 0.261 e. The van der Waals surface area contributed by atoms with Crippen LogP contribution < -0.4 is 5.56 Å². The van der Waals surface area contributed by atoms with Gasteiger partial charge in [-0.15, -0.1) is 37.2 Å². The van der Waals surface area contributed by atoms with Crippen LogP contribution in [0.25, 0.3) is 16.7 Å². The summed E-state index contributed by atoms with van der Waals surface area (Å²) in [5.74, 6) is -0.220. The van der Waals surface area contributed by atoms with Gasteiger partial charge in [-0.3, -0.25) is 9.20 Å². The SMILES string of the molecule is Cc1nc2ccccn2c(=O)c1CCN1CCC(Sc2nc3ccccc3n2Cc2ccc(F)cc2)CC1.Cl.Cl.Cl. The number of pyridine rings is 1. The third kappa shape index (κ3) is 7.24. The molecule has 0 N–H and O–H groups in total. The van der Waals surface area contributed by atoms with Crippen LogP contribution in [0.1, 0.15) is 29.7 Å². The molecule has 11 heteroatoms. The van der Waals surface area contributed by atoms with Crippen molar-refractivity contribution in [1.82, 2.24) is 23.8 Å². The second kappa shape index (κ2) is 14.5. The average Bonchev–Trinajstić information content (AvgIpc) is 3.27. The van der Waals surface area contributed by atoms with Crippen molar-refractivity contribution in [1.29, 1.82) is 0 Å². The number of hydrogen-bond donors (Lipinski definition) is 0. The van der Waals surface area contributed by atoms with Crippen molar-refractivity contribution >= 4 is 65.7 Å². The van der Waals surface area contributed by atoms with E-state index in [4.69, 9.17) is 4.98 Å². The number of thioether (sulfide) groups is 1. The van der Waals surface area contributed by atoms with Gasteiger partial charge in [0.2, 0.25) is 0 Å². The fourth-order valence-corrected chi connectivity index (χ4v) is 6.45. The van der Waals surface area contributed by atoms with Crippen LogP contribution >= 0.6 is 49.0 Å². The number of para-hydroxylation sites is 2. The van der Waals surface area contributed by atoms with Gasteiger partial charge in [-0.25, -0.2) is 14.4 Å². The molecular weight excluding hydrogens is 604 g/mol. The molecule has 6 nitrogen and oxygen atoms in total. The van der Waals surface area contributed by atoms with E-state index in [0.717, 1.165) is 65.5 Å². The van der Waals surface area contributed by atoms with Gasteiger partial charge < -0.3 is 9.47 Å². The van der Waals surface area contributed by atoms with Crippen LogP contribution in [0, 0.1) is 12.7 Å². The van der Waals surface area contributed by atoms with Gasteiger partial charge in [-0.1, -0.05) is 42.1 Å². The van der Waals surface area contributed by atoms with E-state index >= 15 is 0 Å². The molecule has 0 saturated carbocycles. The number of fused-ring (bicyclic) bond motifs is 2. The molecule has 41 heavy (non-hydrogen) atoms. The number of likely N-dealkylation sites (tertiary alicyclic amines) is 1. The maximum Gasteiger partial charge on any atom is 0.261 e. The summed E-state index contributed by atoms with van der Waals surface area (Å²) in [7, 11) is 0. The highest BCUT2D eigenvalue weighted by atomic mass is 35.5. The summed E-state index contributed by atoms with van der Waals surface area (Å²) in [5, 5.41) is 1.49. The van der Waals surface area contributed by atoms with E-state index in [1.54, 1.807) is 10.6 Å². The molecule has 1 aliphatic rings. The molecule has 3 aromatic heterocycles. The lowest BCUT2D eigenvalue weighted by molar-refractivity contribution is 0.235. The molecular formula is C30H33Cl3FN5OS. The Morgan fingerprint density at radius 3 is 2.39 bits per heavy atom. The number of aromatic nitrogens is 4. The molecule has 1 aliphatic heterocycles. The molecule has 2 aromatic carbocycles. The van der Waals surface area contributed by atoms with Crippen molar-refractivity contribution in [2.75, 3.05) is 19.6 Å². The lowest BCUT2D eigenvalue weighted by atomic mass is 10.1. The van der Waals surface area contributed by atoms with Crippen LogP contribution in [-0.2, 0) is 13.0 Å². The lowest BCUT2D eigenvalue weighted by Gasteiger charge is -2.31. The van der Waals surface area contributed by atoms with Gasteiger partial charge >= 0.3 is 0 Å². The van der Waals surface area contributed by atoms with Gasteiger partial charge in [0.1, 0.15) is 11.5 Å². The first kappa shape index (κ1) is 32.9. The summed E-state index contributed by atoms with van der Waals surface area (Å²) in [5.41, 5.74) is 5.51. The van der Waals surface area contributed by atoms with Crippen LogP contribution in [0.2, 0.25) is 0 Å². The molecule has 0 aliphatic carbocycles. The third-order valence-electron chi connectivity index (χ3n) is 7.39. The summed E-state index contributed by atoms with van der Waals surface area (Å²) in [6.07, 6.45) is 4.64. The number of nitrogens with zero attached hydrogens (tertiary/aromatic N) is 5. The Bertz CT molecular complexity index is 1650. The standard InChI is InChI=1S/C30H30FN5OS.3ClH/c1-21-25(29(37)35-16-5-4-8-28(35)32-21)15-19-34-17-13-24(14-18-34)38-30-33-26-6-2-3-7-27(26)36(30)20-22-9-11-23(31)12-10-22;;;/h2-12,16,24H,13-15,17-20H2,1H3;3*1H. The molecule has 5 aromatic rings. The topological polar surface area (TPSA) is 55.4 Å². The maximum atomic E-state index is 13.4. The Morgan fingerprint density at radius 2 is 1.63 bits per heavy atom. The van der Waals surface area contributed by atoms with E-state index in [1.165, 1.54) is 12.1 Å². The molecule has 218 valence electrons. The number of piperidine rings is 1. The number of rotatable bonds is 7. The Balaban J connectivity index is 0.00000154. The zero-order valence-electron chi connectivity index (χ0n) is 22.6. The Kier molecular flexibility index (Phi) is 11.6. The van der Waals surface area contributed by atoms with Crippen LogP contribution in [-0.4, -0.2) is 48.7 Å². The molecule has 0 atom stereocenters. The Labute approximate surface area is 261 Å². The number of benzene rings is 2. The molecule has 0 bridgehead atoms. The van der Waals surface area contributed by atoms with Gasteiger partial charge in [0, 0.05) is 29.2 Å². The summed E-state index contributed by atoms with van der Waals surface area (Å²) >= 11 is 1.85. The van der Waals surface area contributed by atoms with Gasteiger partial charge in [0.25, 0.3) is 5.56 Å². The largest absolute Gasteiger partial charge is 0.314 e. The Morgan fingerprint density at radius 1 is 0.927 bits per heavy atom. The summed E-state index contributed by atoms with van der Waals surface area (Å²) in [4.78, 5) is 25.0. The van der Waals surface area contributed by atoms with Crippen molar-refractivity contribution < 1.29 is 4.39 Å². The van der Waals surface area contributed by atoms with E-state index in [0.29, 0.717) is 23.9 Å². The molecule has 4 heterocycles. The number of imidazole rings is 1. The van der Waals surface area contributed by atoms with Crippen molar-refractivity contribution in [3.63, 3.8) is 0 Å².